The molecule has 1 saturated carbocycles. The van der Waals surface area contributed by atoms with E-state index in [9.17, 15) is 4.79 Å². The third-order valence-corrected chi connectivity index (χ3v) is 3.86. The summed E-state index contributed by atoms with van der Waals surface area (Å²) in [6, 6.07) is 11.6. The van der Waals surface area contributed by atoms with E-state index in [1.807, 2.05) is 30.3 Å². The van der Waals surface area contributed by atoms with Gasteiger partial charge in [0.05, 0.1) is 6.20 Å². The van der Waals surface area contributed by atoms with E-state index in [1.54, 1.807) is 16.9 Å². The summed E-state index contributed by atoms with van der Waals surface area (Å²) in [6.07, 6.45) is 4.40. The quantitative estimate of drug-likeness (QED) is 0.840. The van der Waals surface area contributed by atoms with Crippen LogP contribution in [-0.4, -0.2) is 9.78 Å². The Bertz CT molecular complexity index is 614. The Morgan fingerprint density at radius 1 is 1.26 bits per heavy atom. The highest BCUT2D eigenvalue weighted by molar-refractivity contribution is 5.61. The van der Waals surface area contributed by atoms with Crippen LogP contribution in [-0.2, 0) is 6.54 Å². The first-order chi connectivity index (χ1) is 9.24. The van der Waals surface area contributed by atoms with Gasteiger partial charge in [-0.05, 0) is 30.2 Å². The zero-order chi connectivity index (χ0) is 13.2. The number of rotatable bonds is 4. The predicted octanol–water partition coefficient (Wildman–Crippen LogP) is 2.96. The van der Waals surface area contributed by atoms with Crippen molar-refractivity contribution in [3.05, 3.63) is 52.9 Å². The minimum absolute atomic E-state index is 0.00569. The molecule has 0 saturated heterocycles. The maximum Gasteiger partial charge on any atom is 0.267 e. The van der Waals surface area contributed by atoms with E-state index in [0.717, 1.165) is 23.6 Å². The highest BCUT2D eigenvalue weighted by Crippen LogP contribution is 2.36. The SMILES string of the molecule is CC(Cn1ncc(-c2ccccc2)cc1=O)C1CC1. The van der Waals surface area contributed by atoms with Crippen molar-refractivity contribution in [3.8, 4) is 11.1 Å². The van der Waals surface area contributed by atoms with Gasteiger partial charge in [0.2, 0.25) is 0 Å². The summed E-state index contributed by atoms with van der Waals surface area (Å²) in [5, 5.41) is 4.31. The lowest BCUT2D eigenvalue weighted by Gasteiger charge is -2.11. The molecule has 1 aliphatic carbocycles. The van der Waals surface area contributed by atoms with Crippen molar-refractivity contribution >= 4 is 0 Å². The average Bonchev–Trinajstić information content (AvgIpc) is 3.26. The molecule has 1 atom stereocenters. The summed E-state index contributed by atoms with van der Waals surface area (Å²) in [5.41, 5.74) is 1.92. The van der Waals surface area contributed by atoms with Crippen molar-refractivity contribution in [2.24, 2.45) is 11.8 Å². The van der Waals surface area contributed by atoms with Crippen LogP contribution in [0.4, 0.5) is 0 Å². The Balaban J connectivity index is 1.83. The minimum Gasteiger partial charge on any atom is -0.268 e. The molecule has 1 fully saturated rings. The molecule has 0 amide bonds. The van der Waals surface area contributed by atoms with Crippen molar-refractivity contribution in [3.63, 3.8) is 0 Å². The molecule has 1 aliphatic rings. The smallest absolute Gasteiger partial charge is 0.267 e. The summed E-state index contributed by atoms with van der Waals surface area (Å²) in [5.74, 6) is 1.34. The van der Waals surface area contributed by atoms with Crippen LogP contribution < -0.4 is 5.56 Å². The van der Waals surface area contributed by atoms with E-state index in [2.05, 4.69) is 12.0 Å². The lowest BCUT2D eigenvalue weighted by molar-refractivity contribution is 0.394. The number of nitrogens with zero attached hydrogens (tertiary/aromatic N) is 2. The van der Waals surface area contributed by atoms with Crippen molar-refractivity contribution in [2.75, 3.05) is 0 Å². The monoisotopic (exact) mass is 254 g/mol. The second-order valence-corrected chi connectivity index (χ2v) is 5.45. The van der Waals surface area contributed by atoms with Gasteiger partial charge in [-0.2, -0.15) is 5.10 Å². The van der Waals surface area contributed by atoms with Crippen molar-refractivity contribution in [1.29, 1.82) is 0 Å². The average molecular weight is 254 g/mol. The van der Waals surface area contributed by atoms with Gasteiger partial charge >= 0.3 is 0 Å². The Morgan fingerprint density at radius 3 is 2.63 bits per heavy atom. The van der Waals surface area contributed by atoms with Gasteiger partial charge in [0.15, 0.2) is 0 Å². The van der Waals surface area contributed by atoms with Crippen LogP contribution >= 0.6 is 0 Å². The van der Waals surface area contributed by atoms with Crippen LogP contribution in [0.3, 0.4) is 0 Å². The Morgan fingerprint density at radius 2 is 2.00 bits per heavy atom. The fourth-order valence-electron chi connectivity index (χ4n) is 2.45. The van der Waals surface area contributed by atoms with E-state index in [-0.39, 0.29) is 5.56 Å². The minimum atomic E-state index is -0.00569. The molecule has 2 aromatic rings. The topological polar surface area (TPSA) is 34.9 Å². The van der Waals surface area contributed by atoms with Gasteiger partial charge in [0, 0.05) is 18.2 Å². The highest BCUT2D eigenvalue weighted by atomic mass is 16.1. The Hall–Kier alpha value is -1.90. The zero-order valence-electron chi connectivity index (χ0n) is 11.1. The van der Waals surface area contributed by atoms with Gasteiger partial charge in [-0.15, -0.1) is 0 Å². The van der Waals surface area contributed by atoms with Gasteiger partial charge in [0.1, 0.15) is 0 Å². The van der Waals surface area contributed by atoms with Crippen LogP contribution in [0.15, 0.2) is 47.4 Å². The van der Waals surface area contributed by atoms with E-state index in [1.165, 1.54) is 12.8 Å². The first-order valence-electron chi connectivity index (χ1n) is 6.86. The van der Waals surface area contributed by atoms with Crippen LogP contribution in [0.1, 0.15) is 19.8 Å². The number of hydrogen-bond donors (Lipinski definition) is 0. The van der Waals surface area contributed by atoms with E-state index >= 15 is 0 Å². The molecular weight excluding hydrogens is 236 g/mol. The molecule has 3 nitrogen and oxygen atoms in total. The molecule has 0 aliphatic heterocycles. The molecule has 1 unspecified atom stereocenters. The van der Waals surface area contributed by atoms with E-state index < -0.39 is 0 Å². The molecule has 0 spiro atoms. The summed E-state index contributed by atoms with van der Waals surface area (Å²) in [6.45, 7) is 2.94. The van der Waals surface area contributed by atoms with Crippen molar-refractivity contribution < 1.29 is 0 Å². The first kappa shape index (κ1) is 12.2. The third kappa shape index (κ3) is 2.75. The fourth-order valence-corrected chi connectivity index (χ4v) is 2.45. The molecule has 3 rings (SSSR count). The fraction of sp³-hybridized carbons (Fsp3) is 0.375. The largest absolute Gasteiger partial charge is 0.268 e. The summed E-state index contributed by atoms with van der Waals surface area (Å²) in [4.78, 5) is 12.1. The summed E-state index contributed by atoms with van der Waals surface area (Å²) in [7, 11) is 0. The Kier molecular flexibility index (Phi) is 3.20. The van der Waals surface area contributed by atoms with Gasteiger partial charge in [-0.25, -0.2) is 4.68 Å². The first-order valence-corrected chi connectivity index (χ1v) is 6.86. The number of aromatic nitrogens is 2. The van der Waals surface area contributed by atoms with Gasteiger partial charge in [-0.3, -0.25) is 4.79 Å². The van der Waals surface area contributed by atoms with E-state index in [0.29, 0.717) is 5.92 Å². The predicted molar refractivity (Wildman–Crippen MR) is 75.8 cm³/mol. The van der Waals surface area contributed by atoms with Crippen LogP contribution in [0.2, 0.25) is 0 Å². The maximum atomic E-state index is 12.1. The molecule has 98 valence electrons. The van der Waals surface area contributed by atoms with Crippen LogP contribution in [0, 0.1) is 11.8 Å². The maximum absolute atomic E-state index is 12.1. The molecule has 0 N–H and O–H groups in total. The van der Waals surface area contributed by atoms with Crippen LogP contribution in [0.25, 0.3) is 11.1 Å². The standard InChI is InChI=1S/C16H18N2O/c1-12(13-7-8-13)11-18-16(19)9-15(10-17-18)14-5-3-2-4-6-14/h2-6,9-10,12-13H,7-8,11H2,1H3. The lowest BCUT2D eigenvalue weighted by Crippen LogP contribution is -2.25. The molecule has 19 heavy (non-hydrogen) atoms. The molecular formula is C16H18N2O. The second-order valence-electron chi connectivity index (χ2n) is 5.45. The summed E-state index contributed by atoms with van der Waals surface area (Å²) >= 11 is 0. The van der Waals surface area contributed by atoms with Gasteiger partial charge < -0.3 is 0 Å². The summed E-state index contributed by atoms with van der Waals surface area (Å²) < 4.78 is 1.59. The number of benzene rings is 1. The zero-order valence-corrected chi connectivity index (χ0v) is 11.1. The lowest BCUT2D eigenvalue weighted by atomic mass is 10.1. The van der Waals surface area contributed by atoms with Gasteiger partial charge in [-0.1, -0.05) is 37.3 Å². The molecule has 0 radical (unpaired) electrons. The highest BCUT2D eigenvalue weighted by Gasteiger charge is 2.28. The normalized spacial score (nSPS) is 16.3. The third-order valence-electron chi connectivity index (χ3n) is 3.86. The molecule has 3 heteroatoms. The second kappa shape index (κ2) is 5.00. The van der Waals surface area contributed by atoms with Gasteiger partial charge in [0.25, 0.3) is 5.56 Å². The molecule has 1 aromatic heterocycles. The number of hydrogen-bond acceptors (Lipinski definition) is 2. The molecule has 0 bridgehead atoms. The molecule has 1 heterocycles. The van der Waals surface area contributed by atoms with Crippen molar-refractivity contribution in [2.45, 2.75) is 26.3 Å². The molecule has 1 aromatic carbocycles. The van der Waals surface area contributed by atoms with Crippen molar-refractivity contribution in [1.82, 2.24) is 9.78 Å². The Labute approximate surface area is 112 Å². The van der Waals surface area contributed by atoms with E-state index in [4.69, 9.17) is 0 Å². The van der Waals surface area contributed by atoms with Crippen LogP contribution in [0.5, 0.6) is 0 Å².